The van der Waals surface area contributed by atoms with E-state index in [1.54, 1.807) is 0 Å². The molecule has 0 spiro atoms. The van der Waals surface area contributed by atoms with Gasteiger partial charge in [0.25, 0.3) is 0 Å². The average Bonchev–Trinajstić information content (AvgIpc) is 2.53. The quantitative estimate of drug-likeness (QED) is 0.184. The van der Waals surface area contributed by atoms with Gasteiger partial charge in [-0.15, -0.1) is 0 Å². The molecule has 26 heavy (non-hydrogen) atoms. The Labute approximate surface area is 149 Å². The van der Waals surface area contributed by atoms with E-state index in [4.69, 9.17) is 10.8 Å². The van der Waals surface area contributed by atoms with Gasteiger partial charge in [-0.25, -0.2) is 0 Å². The maximum atomic E-state index is 12.3. The first-order valence-corrected chi connectivity index (χ1v) is 7.78. The normalized spacial score (nSPS) is 17.8. The van der Waals surface area contributed by atoms with Gasteiger partial charge in [0.2, 0.25) is 17.7 Å². The Kier molecular flexibility index (Phi) is 9.72. The van der Waals surface area contributed by atoms with Crippen LogP contribution in [-0.4, -0.2) is 87.1 Å². The first kappa shape index (κ1) is 23.7. The highest BCUT2D eigenvalue weighted by Gasteiger charge is 2.33. The Morgan fingerprint density at radius 3 is 1.62 bits per heavy atom. The van der Waals surface area contributed by atoms with Crippen LogP contribution in [0, 0.1) is 0 Å². The minimum atomic E-state index is -1.53. The number of aliphatic hydroxyl groups excluding tert-OH is 3. The molecule has 6 atom stereocenters. The van der Waals surface area contributed by atoms with Gasteiger partial charge >= 0.3 is 5.97 Å². The van der Waals surface area contributed by atoms with Crippen molar-refractivity contribution < 1.29 is 39.6 Å². The SMILES string of the molecule is CC(O)C(N)C(=O)NC(C(=O)NC(C(=O)NCC(=O)O)C(C)O)C(C)O. The lowest BCUT2D eigenvalue weighted by atomic mass is 10.1. The van der Waals surface area contributed by atoms with Gasteiger partial charge in [-0.05, 0) is 20.8 Å². The van der Waals surface area contributed by atoms with E-state index >= 15 is 0 Å². The number of rotatable bonds is 10. The molecule has 0 aliphatic carbocycles. The summed E-state index contributed by atoms with van der Waals surface area (Å²) in [6, 6.07) is -4.40. The summed E-state index contributed by atoms with van der Waals surface area (Å²) in [6.07, 6.45) is -3.99. The van der Waals surface area contributed by atoms with E-state index in [0.29, 0.717) is 0 Å². The molecule has 0 aromatic carbocycles. The number of nitrogens with one attached hydrogen (secondary N) is 3. The van der Waals surface area contributed by atoms with Crippen LogP contribution in [0.4, 0.5) is 0 Å². The number of carbonyl (C=O) groups is 4. The maximum Gasteiger partial charge on any atom is 0.322 e. The Morgan fingerprint density at radius 1 is 0.808 bits per heavy atom. The monoisotopic (exact) mass is 378 g/mol. The lowest BCUT2D eigenvalue weighted by Gasteiger charge is -2.27. The van der Waals surface area contributed by atoms with E-state index < -0.39 is 66.7 Å². The third-order valence-electron chi connectivity index (χ3n) is 3.36. The minimum absolute atomic E-state index is 0.724. The van der Waals surface area contributed by atoms with E-state index in [1.807, 2.05) is 5.32 Å². The number of nitrogens with two attached hydrogens (primary N) is 1. The van der Waals surface area contributed by atoms with E-state index in [1.165, 1.54) is 20.8 Å². The molecule has 0 aromatic rings. The van der Waals surface area contributed by atoms with Gasteiger partial charge in [-0.3, -0.25) is 19.2 Å². The molecule has 0 aliphatic rings. The van der Waals surface area contributed by atoms with Crippen LogP contribution in [0.25, 0.3) is 0 Å². The summed E-state index contributed by atoms with van der Waals surface area (Å²) >= 11 is 0. The predicted octanol–water partition coefficient (Wildman–Crippen LogP) is -4.37. The molecule has 0 fully saturated rings. The van der Waals surface area contributed by atoms with Crippen LogP contribution in [0.3, 0.4) is 0 Å². The highest BCUT2D eigenvalue weighted by Crippen LogP contribution is 2.00. The second kappa shape index (κ2) is 10.7. The number of aliphatic carboxylic acids is 1. The third-order valence-corrected chi connectivity index (χ3v) is 3.36. The van der Waals surface area contributed by atoms with Crippen molar-refractivity contribution in [3.05, 3.63) is 0 Å². The summed E-state index contributed by atoms with van der Waals surface area (Å²) < 4.78 is 0. The number of hydrogen-bond acceptors (Lipinski definition) is 8. The van der Waals surface area contributed by atoms with Gasteiger partial charge in [-0.1, -0.05) is 0 Å². The molecule has 0 saturated heterocycles. The first-order chi connectivity index (χ1) is 11.9. The van der Waals surface area contributed by atoms with Crippen LogP contribution in [0.15, 0.2) is 0 Å². The Bertz CT molecular complexity index is 523. The molecule has 3 amide bonds. The van der Waals surface area contributed by atoms with Crippen molar-refractivity contribution >= 4 is 23.7 Å². The number of carboxylic acid groups (broad SMARTS) is 1. The second-order valence-corrected chi connectivity index (χ2v) is 5.83. The Balaban J connectivity index is 5.12. The Morgan fingerprint density at radius 2 is 1.23 bits per heavy atom. The fourth-order valence-corrected chi connectivity index (χ4v) is 1.79. The number of amides is 3. The fraction of sp³-hybridized carbons (Fsp3) is 0.714. The van der Waals surface area contributed by atoms with E-state index in [9.17, 15) is 34.5 Å². The third kappa shape index (κ3) is 7.74. The van der Waals surface area contributed by atoms with Crippen molar-refractivity contribution in [1.29, 1.82) is 0 Å². The zero-order valence-corrected chi connectivity index (χ0v) is 14.7. The molecule has 0 aromatic heterocycles. The topological polar surface area (TPSA) is 211 Å². The van der Waals surface area contributed by atoms with Gasteiger partial charge in [0.1, 0.15) is 24.7 Å². The number of carboxylic acids is 1. The average molecular weight is 378 g/mol. The molecule has 12 nitrogen and oxygen atoms in total. The summed E-state index contributed by atoms with van der Waals surface area (Å²) in [4.78, 5) is 46.5. The molecule has 0 rings (SSSR count). The lowest BCUT2D eigenvalue weighted by Crippen LogP contribution is -2.61. The predicted molar refractivity (Wildman–Crippen MR) is 87.5 cm³/mol. The van der Waals surface area contributed by atoms with E-state index in [-0.39, 0.29) is 0 Å². The van der Waals surface area contributed by atoms with E-state index in [2.05, 4.69) is 10.6 Å². The summed E-state index contributed by atoms with van der Waals surface area (Å²) in [5.74, 6) is -4.21. The molecule has 0 aliphatic heterocycles. The van der Waals surface area contributed by atoms with Crippen molar-refractivity contribution in [2.45, 2.75) is 57.2 Å². The summed E-state index contributed by atoms with van der Waals surface area (Å²) in [5, 5.41) is 43.4. The largest absolute Gasteiger partial charge is 0.480 e. The fourth-order valence-electron chi connectivity index (χ4n) is 1.79. The summed E-state index contributed by atoms with van der Waals surface area (Å²) in [6.45, 7) is 2.92. The Hall–Kier alpha value is -2.28. The van der Waals surface area contributed by atoms with Crippen molar-refractivity contribution in [3.63, 3.8) is 0 Å². The zero-order valence-electron chi connectivity index (χ0n) is 14.7. The molecule has 12 heteroatoms. The molecule has 0 radical (unpaired) electrons. The van der Waals surface area contributed by atoms with Crippen molar-refractivity contribution in [1.82, 2.24) is 16.0 Å². The second-order valence-electron chi connectivity index (χ2n) is 5.83. The molecule has 0 saturated carbocycles. The van der Waals surface area contributed by atoms with Crippen LogP contribution in [0.1, 0.15) is 20.8 Å². The van der Waals surface area contributed by atoms with Gasteiger partial charge in [-0.2, -0.15) is 0 Å². The van der Waals surface area contributed by atoms with E-state index in [0.717, 1.165) is 0 Å². The highest BCUT2D eigenvalue weighted by atomic mass is 16.4. The number of hydrogen-bond donors (Lipinski definition) is 8. The van der Waals surface area contributed by atoms with Crippen LogP contribution >= 0.6 is 0 Å². The van der Waals surface area contributed by atoms with Crippen LogP contribution in [-0.2, 0) is 19.2 Å². The van der Waals surface area contributed by atoms with Crippen LogP contribution in [0.5, 0.6) is 0 Å². The first-order valence-electron chi connectivity index (χ1n) is 7.78. The molecule has 0 heterocycles. The van der Waals surface area contributed by atoms with Crippen molar-refractivity contribution in [3.8, 4) is 0 Å². The van der Waals surface area contributed by atoms with Crippen molar-refractivity contribution in [2.75, 3.05) is 6.54 Å². The van der Waals surface area contributed by atoms with Gasteiger partial charge in [0.05, 0.1) is 18.3 Å². The summed E-state index contributed by atoms with van der Waals surface area (Å²) in [7, 11) is 0. The molecule has 0 bridgehead atoms. The van der Waals surface area contributed by atoms with Gasteiger partial charge in [0, 0.05) is 0 Å². The number of carbonyl (C=O) groups excluding carboxylic acids is 3. The van der Waals surface area contributed by atoms with Gasteiger partial charge in [0.15, 0.2) is 0 Å². The van der Waals surface area contributed by atoms with Crippen LogP contribution < -0.4 is 21.7 Å². The molecular weight excluding hydrogens is 352 g/mol. The standard InChI is InChI=1S/C14H26N4O8/c1-5(19)9(15)12(24)17-11(7(3)21)14(26)18-10(6(2)20)13(25)16-4-8(22)23/h5-7,9-11,19-21H,4,15H2,1-3H3,(H,16,25)(H,17,24)(H,18,26)(H,22,23). The maximum absolute atomic E-state index is 12.3. The molecule has 9 N–H and O–H groups in total. The summed E-state index contributed by atoms with van der Waals surface area (Å²) in [5.41, 5.74) is 5.44. The van der Waals surface area contributed by atoms with Crippen LogP contribution in [0.2, 0.25) is 0 Å². The molecule has 150 valence electrons. The molecular formula is C14H26N4O8. The zero-order chi connectivity index (χ0) is 20.6. The lowest BCUT2D eigenvalue weighted by molar-refractivity contribution is -0.140. The molecule has 6 unspecified atom stereocenters. The minimum Gasteiger partial charge on any atom is -0.480 e. The van der Waals surface area contributed by atoms with Gasteiger partial charge < -0.3 is 42.1 Å². The van der Waals surface area contributed by atoms with Crippen molar-refractivity contribution in [2.24, 2.45) is 5.73 Å². The highest BCUT2D eigenvalue weighted by molar-refractivity contribution is 5.94. The number of aliphatic hydroxyl groups is 3. The smallest absolute Gasteiger partial charge is 0.322 e.